The summed E-state index contributed by atoms with van der Waals surface area (Å²) in [5.74, 6) is -0.634. The van der Waals surface area contributed by atoms with Gasteiger partial charge in [0.25, 0.3) is 0 Å². The molecule has 0 aromatic rings. The minimum Gasteiger partial charge on any atom is -0.316 e. The molecule has 2 atom stereocenters. The van der Waals surface area contributed by atoms with Gasteiger partial charge in [0, 0.05) is 24.9 Å². The maximum Gasteiger partial charge on any atom is 0.215 e. The van der Waals surface area contributed by atoms with Gasteiger partial charge < -0.3 is 5.32 Å². The zero-order valence-electron chi connectivity index (χ0n) is 11.8. The summed E-state index contributed by atoms with van der Waals surface area (Å²) in [6, 6.07) is -0.0170. The minimum atomic E-state index is -3.51. The van der Waals surface area contributed by atoms with E-state index in [0.29, 0.717) is 6.54 Å². The second-order valence-electron chi connectivity index (χ2n) is 5.20. The van der Waals surface area contributed by atoms with Crippen LogP contribution < -0.4 is 5.32 Å². The monoisotopic (exact) mass is 312 g/mol. The molecule has 0 saturated carbocycles. The molecule has 0 spiro atoms. The van der Waals surface area contributed by atoms with Crippen LogP contribution in [-0.4, -0.2) is 64.6 Å². The van der Waals surface area contributed by atoms with Crippen molar-refractivity contribution in [3.8, 4) is 0 Å². The Balaban J connectivity index is 2.84. The van der Waals surface area contributed by atoms with Crippen LogP contribution in [0.4, 0.5) is 0 Å². The fourth-order valence-electron chi connectivity index (χ4n) is 2.34. The van der Waals surface area contributed by atoms with Crippen molar-refractivity contribution in [3.05, 3.63) is 0 Å². The molecule has 2 unspecified atom stereocenters. The van der Waals surface area contributed by atoms with Gasteiger partial charge in [-0.05, 0) is 26.8 Å². The maximum atomic E-state index is 12.3. The van der Waals surface area contributed by atoms with E-state index in [0.717, 1.165) is 25.5 Å². The van der Waals surface area contributed by atoms with Gasteiger partial charge in [0.2, 0.25) is 10.0 Å². The van der Waals surface area contributed by atoms with Crippen molar-refractivity contribution in [2.45, 2.75) is 38.3 Å². The van der Waals surface area contributed by atoms with Gasteiger partial charge in [-0.1, -0.05) is 6.42 Å². The molecule has 8 heteroatoms. The highest BCUT2D eigenvalue weighted by atomic mass is 32.2. The van der Waals surface area contributed by atoms with Crippen LogP contribution in [0.1, 0.15) is 26.2 Å². The Bertz CT molecular complexity index is 487. The zero-order valence-corrected chi connectivity index (χ0v) is 13.4. The lowest BCUT2D eigenvalue weighted by molar-refractivity contribution is 0.213. The van der Waals surface area contributed by atoms with Gasteiger partial charge in [-0.25, -0.2) is 16.8 Å². The molecule has 1 saturated heterocycles. The number of sulfonamides is 1. The van der Waals surface area contributed by atoms with E-state index in [-0.39, 0.29) is 23.6 Å². The Morgan fingerprint density at radius 1 is 1.21 bits per heavy atom. The average molecular weight is 312 g/mol. The normalized spacial score (nSPS) is 24.3. The summed E-state index contributed by atoms with van der Waals surface area (Å²) in [7, 11) is -4.96. The van der Waals surface area contributed by atoms with Gasteiger partial charge in [0.05, 0.1) is 11.5 Å². The molecule has 1 heterocycles. The van der Waals surface area contributed by atoms with Crippen LogP contribution in [0, 0.1) is 0 Å². The predicted octanol–water partition coefficient (Wildman–Crippen LogP) is -0.177. The first-order chi connectivity index (χ1) is 8.67. The summed E-state index contributed by atoms with van der Waals surface area (Å²) < 4.78 is 48.4. The van der Waals surface area contributed by atoms with E-state index >= 15 is 0 Å². The first kappa shape index (κ1) is 16.9. The standard InChI is InChI=1S/C11H24N2O4S2/c1-10(12-2)11-6-4-5-7-13(11)19(16,17)9-8-18(3,14)15/h10-12H,4-9H2,1-3H3. The SMILES string of the molecule is CNC(C)C1CCCCN1S(=O)(=O)CCS(C)(=O)=O. The number of nitrogens with zero attached hydrogens (tertiary/aromatic N) is 1. The van der Waals surface area contributed by atoms with Gasteiger partial charge in [-0.2, -0.15) is 4.31 Å². The van der Waals surface area contributed by atoms with E-state index < -0.39 is 19.9 Å². The molecule has 1 N–H and O–H groups in total. The fraction of sp³-hybridized carbons (Fsp3) is 1.00. The molecule has 1 rings (SSSR count). The number of piperidine rings is 1. The number of likely N-dealkylation sites (N-methyl/N-ethyl adjacent to an activating group) is 1. The molecule has 1 aliphatic heterocycles. The Hall–Kier alpha value is -0.180. The number of nitrogens with one attached hydrogen (secondary N) is 1. The summed E-state index contributed by atoms with van der Waals surface area (Å²) >= 11 is 0. The number of hydrogen-bond donors (Lipinski definition) is 1. The summed E-state index contributed by atoms with van der Waals surface area (Å²) in [4.78, 5) is 0. The molecule has 1 aliphatic rings. The van der Waals surface area contributed by atoms with E-state index in [1.54, 1.807) is 7.05 Å². The number of sulfone groups is 1. The zero-order chi connectivity index (χ0) is 14.7. The number of hydrogen-bond acceptors (Lipinski definition) is 5. The summed E-state index contributed by atoms with van der Waals surface area (Å²) in [5, 5.41) is 3.08. The second kappa shape index (κ2) is 6.51. The van der Waals surface area contributed by atoms with Gasteiger partial charge in [0.1, 0.15) is 9.84 Å². The van der Waals surface area contributed by atoms with Gasteiger partial charge >= 0.3 is 0 Å². The van der Waals surface area contributed by atoms with Gasteiger partial charge in [-0.15, -0.1) is 0 Å². The molecule has 0 aliphatic carbocycles. The highest BCUT2D eigenvalue weighted by molar-refractivity contribution is 7.93. The smallest absolute Gasteiger partial charge is 0.215 e. The van der Waals surface area contributed by atoms with Crippen molar-refractivity contribution < 1.29 is 16.8 Å². The van der Waals surface area contributed by atoms with Crippen LogP contribution in [0.5, 0.6) is 0 Å². The maximum absolute atomic E-state index is 12.3. The molecule has 0 bridgehead atoms. The predicted molar refractivity (Wildman–Crippen MR) is 76.4 cm³/mol. The molecule has 0 aromatic carbocycles. The quantitative estimate of drug-likeness (QED) is 0.736. The van der Waals surface area contributed by atoms with E-state index in [1.807, 2.05) is 6.92 Å². The first-order valence-corrected chi connectivity index (χ1v) is 10.2. The lowest BCUT2D eigenvalue weighted by atomic mass is 9.99. The van der Waals surface area contributed by atoms with Crippen molar-refractivity contribution in [2.75, 3.05) is 31.4 Å². The van der Waals surface area contributed by atoms with Crippen LogP contribution in [0.25, 0.3) is 0 Å². The lowest BCUT2D eigenvalue weighted by Gasteiger charge is -2.38. The summed E-state index contributed by atoms with van der Waals surface area (Å²) in [6.45, 7) is 2.44. The van der Waals surface area contributed by atoms with Gasteiger partial charge in [-0.3, -0.25) is 0 Å². The topological polar surface area (TPSA) is 83.6 Å². The molecular formula is C11H24N2O4S2. The van der Waals surface area contributed by atoms with Crippen molar-refractivity contribution in [2.24, 2.45) is 0 Å². The third-order valence-corrected chi connectivity index (χ3v) is 6.69. The Labute approximate surface area is 116 Å². The Morgan fingerprint density at radius 2 is 1.84 bits per heavy atom. The van der Waals surface area contributed by atoms with Crippen molar-refractivity contribution >= 4 is 19.9 Å². The minimum absolute atomic E-state index is 0.0632. The van der Waals surface area contributed by atoms with Crippen molar-refractivity contribution in [1.82, 2.24) is 9.62 Å². The van der Waals surface area contributed by atoms with Crippen molar-refractivity contribution in [3.63, 3.8) is 0 Å². The highest BCUT2D eigenvalue weighted by Crippen LogP contribution is 2.23. The third-order valence-electron chi connectivity index (χ3n) is 3.60. The van der Waals surface area contributed by atoms with E-state index in [2.05, 4.69) is 5.32 Å². The van der Waals surface area contributed by atoms with Crippen LogP contribution in [-0.2, 0) is 19.9 Å². The molecule has 0 radical (unpaired) electrons. The van der Waals surface area contributed by atoms with Crippen LogP contribution in [0.3, 0.4) is 0 Å². The second-order valence-corrected chi connectivity index (χ2v) is 9.50. The van der Waals surface area contributed by atoms with E-state index in [4.69, 9.17) is 0 Å². The lowest BCUT2D eigenvalue weighted by Crippen LogP contribution is -2.53. The van der Waals surface area contributed by atoms with E-state index in [9.17, 15) is 16.8 Å². The van der Waals surface area contributed by atoms with Crippen molar-refractivity contribution in [1.29, 1.82) is 0 Å². The van der Waals surface area contributed by atoms with Crippen LogP contribution >= 0.6 is 0 Å². The third kappa shape index (κ3) is 5.02. The molecule has 19 heavy (non-hydrogen) atoms. The summed E-state index contributed by atoms with van der Waals surface area (Å²) in [6.07, 6.45) is 3.73. The molecule has 0 aromatic heterocycles. The Morgan fingerprint density at radius 3 is 2.37 bits per heavy atom. The fourth-order valence-corrected chi connectivity index (χ4v) is 5.74. The first-order valence-electron chi connectivity index (χ1n) is 6.52. The average Bonchev–Trinajstić information content (AvgIpc) is 2.35. The molecule has 6 nitrogen and oxygen atoms in total. The largest absolute Gasteiger partial charge is 0.316 e. The molecular weight excluding hydrogens is 288 g/mol. The van der Waals surface area contributed by atoms with Gasteiger partial charge in [0.15, 0.2) is 0 Å². The number of rotatable bonds is 6. The Kier molecular flexibility index (Phi) is 5.78. The van der Waals surface area contributed by atoms with Crippen LogP contribution in [0.15, 0.2) is 0 Å². The van der Waals surface area contributed by atoms with Crippen LogP contribution in [0.2, 0.25) is 0 Å². The molecule has 114 valence electrons. The molecule has 1 fully saturated rings. The van der Waals surface area contributed by atoms with E-state index in [1.165, 1.54) is 4.31 Å². The highest BCUT2D eigenvalue weighted by Gasteiger charge is 2.35. The summed E-state index contributed by atoms with van der Waals surface area (Å²) in [5.41, 5.74) is 0. The molecule has 0 amide bonds.